The Balaban J connectivity index is 2.67. The van der Waals surface area contributed by atoms with Crippen LogP contribution in [-0.4, -0.2) is 6.61 Å². The summed E-state index contributed by atoms with van der Waals surface area (Å²) in [6, 6.07) is 4.12. The van der Waals surface area contributed by atoms with Gasteiger partial charge in [0.05, 0.1) is 30.1 Å². The van der Waals surface area contributed by atoms with Crippen molar-refractivity contribution in [3.8, 4) is 16.9 Å². The second-order valence-electron chi connectivity index (χ2n) is 3.97. The van der Waals surface area contributed by atoms with Gasteiger partial charge < -0.3 is 4.74 Å². The zero-order chi connectivity index (χ0) is 16.6. The lowest BCUT2D eigenvalue weighted by Gasteiger charge is -2.14. The summed E-state index contributed by atoms with van der Waals surface area (Å²) in [7, 11) is 0. The van der Waals surface area contributed by atoms with E-state index < -0.39 is 6.61 Å². The third kappa shape index (κ3) is 3.50. The van der Waals surface area contributed by atoms with Gasteiger partial charge in [0.15, 0.2) is 0 Å². The zero-order valence-electron chi connectivity index (χ0n) is 10.2. The fourth-order valence-electron chi connectivity index (χ4n) is 1.70. The van der Waals surface area contributed by atoms with Gasteiger partial charge in [0.25, 0.3) is 0 Å². The molecule has 0 fully saturated rings. The summed E-state index contributed by atoms with van der Waals surface area (Å²) < 4.78 is 29.1. The van der Waals surface area contributed by atoms with E-state index in [0.717, 1.165) is 0 Å². The molecule has 0 unspecified atom stereocenters. The van der Waals surface area contributed by atoms with E-state index in [2.05, 4.69) is 4.74 Å². The minimum absolute atomic E-state index is 0.0000933. The Labute approximate surface area is 154 Å². The Morgan fingerprint density at radius 1 is 0.773 bits per heavy atom. The van der Waals surface area contributed by atoms with Gasteiger partial charge in [0, 0.05) is 5.56 Å². The molecule has 0 aromatic heterocycles. The summed E-state index contributed by atoms with van der Waals surface area (Å²) in [4.78, 5) is 0. The fraction of sp³-hybridized carbons (Fsp3) is 0.0769. The van der Waals surface area contributed by atoms with Crippen LogP contribution >= 0.6 is 69.6 Å². The highest BCUT2D eigenvalue weighted by atomic mass is 35.5. The molecule has 9 heteroatoms. The SMILES string of the molecule is FC(F)Oc1cc(-c2c(Cl)c(Cl)c(Cl)c(Cl)c2Cl)ccc1Cl. The van der Waals surface area contributed by atoms with E-state index in [4.69, 9.17) is 69.6 Å². The molecule has 0 heterocycles. The van der Waals surface area contributed by atoms with Crippen molar-refractivity contribution < 1.29 is 13.5 Å². The van der Waals surface area contributed by atoms with Crippen LogP contribution in [0.4, 0.5) is 8.78 Å². The van der Waals surface area contributed by atoms with E-state index in [1.807, 2.05) is 0 Å². The van der Waals surface area contributed by atoms with Gasteiger partial charge in [-0.25, -0.2) is 0 Å². The van der Waals surface area contributed by atoms with Gasteiger partial charge in [-0.1, -0.05) is 75.7 Å². The molecule has 0 aliphatic heterocycles. The van der Waals surface area contributed by atoms with Crippen molar-refractivity contribution in [1.82, 2.24) is 0 Å². The maximum absolute atomic E-state index is 12.4. The van der Waals surface area contributed by atoms with Crippen molar-refractivity contribution in [2.45, 2.75) is 6.61 Å². The molecule has 0 saturated carbocycles. The Morgan fingerprint density at radius 2 is 1.27 bits per heavy atom. The van der Waals surface area contributed by atoms with E-state index in [9.17, 15) is 8.78 Å². The lowest BCUT2D eigenvalue weighted by atomic mass is 10.1. The van der Waals surface area contributed by atoms with Crippen LogP contribution in [0, 0.1) is 0 Å². The quantitative estimate of drug-likeness (QED) is 0.358. The molecular weight excluding hydrogens is 423 g/mol. The molecule has 0 aliphatic rings. The molecule has 0 aliphatic carbocycles. The van der Waals surface area contributed by atoms with Gasteiger partial charge in [0.2, 0.25) is 0 Å². The van der Waals surface area contributed by atoms with Crippen molar-refractivity contribution in [3.63, 3.8) is 0 Å². The number of alkyl halides is 2. The van der Waals surface area contributed by atoms with Gasteiger partial charge in [-0.3, -0.25) is 0 Å². The standard InChI is InChI=1S/C13H4Cl6F2O/c14-5-2-1-4(3-6(5)22-13(20)21)7-8(15)10(17)12(19)11(18)9(7)16/h1-3,13H. The molecule has 0 spiro atoms. The first-order valence-corrected chi connectivity index (χ1v) is 7.77. The zero-order valence-corrected chi connectivity index (χ0v) is 14.8. The third-order valence-corrected chi connectivity index (χ3v) is 5.23. The third-order valence-electron chi connectivity index (χ3n) is 2.65. The van der Waals surface area contributed by atoms with Crippen LogP contribution in [0.3, 0.4) is 0 Å². The van der Waals surface area contributed by atoms with E-state index in [1.165, 1.54) is 18.2 Å². The fourth-order valence-corrected chi connectivity index (χ4v) is 3.22. The van der Waals surface area contributed by atoms with Gasteiger partial charge in [-0.05, 0) is 17.7 Å². The first-order valence-electron chi connectivity index (χ1n) is 5.50. The second kappa shape index (κ2) is 7.16. The van der Waals surface area contributed by atoms with Gasteiger partial charge >= 0.3 is 6.61 Å². The predicted molar refractivity (Wildman–Crippen MR) is 88.6 cm³/mol. The monoisotopic (exact) mass is 424 g/mol. The summed E-state index contributed by atoms with van der Waals surface area (Å²) in [6.07, 6.45) is 0. The normalized spacial score (nSPS) is 11.1. The molecule has 0 bridgehead atoms. The van der Waals surface area contributed by atoms with E-state index >= 15 is 0 Å². The lowest BCUT2D eigenvalue weighted by Crippen LogP contribution is -2.02. The van der Waals surface area contributed by atoms with Gasteiger partial charge in [-0.15, -0.1) is 0 Å². The molecule has 0 N–H and O–H groups in total. The van der Waals surface area contributed by atoms with Crippen LogP contribution in [0.15, 0.2) is 18.2 Å². The van der Waals surface area contributed by atoms with Crippen LogP contribution in [0.5, 0.6) is 5.75 Å². The smallest absolute Gasteiger partial charge is 0.387 e. The summed E-state index contributed by atoms with van der Waals surface area (Å²) in [5.41, 5.74) is 0.578. The molecule has 2 aromatic carbocycles. The Hall–Kier alpha value is -0.160. The highest BCUT2D eigenvalue weighted by molar-refractivity contribution is 6.56. The number of rotatable bonds is 3. The molecule has 0 atom stereocenters. The average molecular weight is 427 g/mol. The summed E-state index contributed by atoms with van der Waals surface area (Å²) in [5.74, 6) is -0.233. The molecule has 2 aromatic rings. The van der Waals surface area contributed by atoms with Crippen LogP contribution in [0.25, 0.3) is 11.1 Å². The van der Waals surface area contributed by atoms with Gasteiger partial charge in [-0.2, -0.15) is 8.78 Å². The Bertz CT molecular complexity index is 706. The highest BCUT2D eigenvalue weighted by Crippen LogP contribution is 2.49. The van der Waals surface area contributed by atoms with Crippen molar-refractivity contribution in [2.24, 2.45) is 0 Å². The topological polar surface area (TPSA) is 9.23 Å². The molecule has 2 rings (SSSR count). The number of ether oxygens (including phenoxy) is 1. The summed E-state index contributed by atoms with van der Waals surface area (Å²) in [6.45, 7) is -3.03. The summed E-state index contributed by atoms with van der Waals surface area (Å²) in [5, 5.41) is 0.0679. The van der Waals surface area contributed by atoms with E-state index in [-0.39, 0.29) is 41.4 Å². The van der Waals surface area contributed by atoms with Crippen LogP contribution in [0.1, 0.15) is 0 Å². The molecule has 1 nitrogen and oxygen atoms in total. The predicted octanol–water partition coefficient (Wildman–Crippen LogP) is 7.88. The van der Waals surface area contributed by atoms with Crippen molar-refractivity contribution in [2.75, 3.05) is 0 Å². The Morgan fingerprint density at radius 3 is 1.77 bits per heavy atom. The van der Waals surface area contributed by atoms with E-state index in [1.54, 1.807) is 0 Å². The first-order chi connectivity index (χ1) is 10.2. The number of benzene rings is 2. The number of hydrogen-bond acceptors (Lipinski definition) is 1. The second-order valence-corrected chi connectivity index (χ2v) is 6.27. The van der Waals surface area contributed by atoms with Gasteiger partial charge in [0.1, 0.15) is 5.75 Å². The number of halogens is 8. The van der Waals surface area contributed by atoms with Crippen molar-refractivity contribution in [1.29, 1.82) is 0 Å². The summed E-state index contributed by atoms with van der Waals surface area (Å²) >= 11 is 35.9. The molecule has 0 saturated heterocycles. The van der Waals surface area contributed by atoms with Crippen molar-refractivity contribution in [3.05, 3.63) is 48.3 Å². The molecular formula is C13H4Cl6F2O. The molecule has 0 radical (unpaired) electrons. The van der Waals surface area contributed by atoms with Crippen LogP contribution in [0.2, 0.25) is 30.1 Å². The maximum Gasteiger partial charge on any atom is 0.387 e. The van der Waals surface area contributed by atoms with Crippen molar-refractivity contribution >= 4 is 69.6 Å². The minimum Gasteiger partial charge on any atom is -0.433 e. The largest absolute Gasteiger partial charge is 0.433 e. The number of hydrogen-bond donors (Lipinski definition) is 0. The average Bonchev–Trinajstić information content (AvgIpc) is 2.46. The Kier molecular flexibility index (Phi) is 5.92. The molecule has 0 amide bonds. The molecule has 118 valence electrons. The lowest BCUT2D eigenvalue weighted by molar-refractivity contribution is -0.0497. The molecule has 22 heavy (non-hydrogen) atoms. The van der Waals surface area contributed by atoms with Crippen LogP contribution < -0.4 is 4.74 Å². The van der Waals surface area contributed by atoms with Crippen LogP contribution in [-0.2, 0) is 0 Å². The van der Waals surface area contributed by atoms with E-state index in [0.29, 0.717) is 5.56 Å². The maximum atomic E-state index is 12.4. The first kappa shape index (κ1) is 18.2. The minimum atomic E-state index is -3.03. The highest BCUT2D eigenvalue weighted by Gasteiger charge is 2.21.